The third-order valence-corrected chi connectivity index (χ3v) is 4.99. The first-order valence-corrected chi connectivity index (χ1v) is 9.01. The third kappa shape index (κ3) is 3.46. The topological polar surface area (TPSA) is 44.9 Å². The number of para-hydroxylation sites is 1. The van der Waals surface area contributed by atoms with E-state index in [0.29, 0.717) is 6.54 Å². The van der Waals surface area contributed by atoms with E-state index in [1.807, 2.05) is 12.1 Å². The SMILES string of the molecule is CCc1cccc(CC)c1NCc1cc2cc(C)c(C)cc2[nH]c1=O. The lowest BCUT2D eigenvalue weighted by Gasteiger charge is -2.15. The van der Waals surface area contributed by atoms with E-state index < -0.39 is 0 Å². The molecule has 0 radical (unpaired) electrons. The highest BCUT2D eigenvalue weighted by molar-refractivity contribution is 5.80. The van der Waals surface area contributed by atoms with E-state index in [1.165, 1.54) is 27.9 Å². The lowest BCUT2D eigenvalue weighted by molar-refractivity contribution is 1.03. The molecule has 0 amide bonds. The monoisotopic (exact) mass is 334 g/mol. The molecule has 0 fully saturated rings. The molecule has 1 heterocycles. The maximum Gasteiger partial charge on any atom is 0.253 e. The van der Waals surface area contributed by atoms with Gasteiger partial charge < -0.3 is 10.3 Å². The van der Waals surface area contributed by atoms with Gasteiger partial charge in [-0.15, -0.1) is 0 Å². The first-order valence-electron chi connectivity index (χ1n) is 9.01. The Kier molecular flexibility index (Phi) is 4.93. The maximum atomic E-state index is 12.5. The van der Waals surface area contributed by atoms with Crippen LogP contribution in [0.5, 0.6) is 0 Å². The van der Waals surface area contributed by atoms with Gasteiger partial charge in [-0.3, -0.25) is 4.79 Å². The molecule has 2 N–H and O–H groups in total. The number of H-pyrrole nitrogens is 1. The Morgan fingerprint density at radius 1 is 0.920 bits per heavy atom. The second-order valence-corrected chi connectivity index (χ2v) is 6.66. The average molecular weight is 334 g/mol. The van der Waals surface area contributed by atoms with Crippen molar-refractivity contribution in [3.8, 4) is 0 Å². The predicted molar refractivity (Wildman–Crippen MR) is 107 cm³/mol. The van der Waals surface area contributed by atoms with E-state index in [1.54, 1.807) is 0 Å². The number of benzene rings is 2. The molecular weight excluding hydrogens is 308 g/mol. The summed E-state index contributed by atoms with van der Waals surface area (Å²) < 4.78 is 0. The normalized spacial score (nSPS) is 11.0. The molecule has 0 aliphatic rings. The zero-order chi connectivity index (χ0) is 18.0. The van der Waals surface area contributed by atoms with Crippen LogP contribution in [0.2, 0.25) is 0 Å². The van der Waals surface area contributed by atoms with Crippen LogP contribution in [-0.4, -0.2) is 4.98 Å². The van der Waals surface area contributed by atoms with Crippen LogP contribution in [-0.2, 0) is 19.4 Å². The Balaban J connectivity index is 1.95. The molecule has 3 rings (SSSR count). The minimum Gasteiger partial charge on any atom is -0.380 e. The van der Waals surface area contributed by atoms with Crippen LogP contribution in [0.15, 0.2) is 41.2 Å². The minimum absolute atomic E-state index is 0.0183. The van der Waals surface area contributed by atoms with Crippen molar-refractivity contribution in [1.29, 1.82) is 0 Å². The summed E-state index contributed by atoms with van der Waals surface area (Å²) in [5, 5.41) is 4.59. The minimum atomic E-state index is -0.0183. The summed E-state index contributed by atoms with van der Waals surface area (Å²) in [6.45, 7) is 9.02. The Labute approximate surface area is 149 Å². The number of aryl methyl sites for hydroxylation is 4. The molecule has 3 aromatic rings. The van der Waals surface area contributed by atoms with Gasteiger partial charge in [-0.25, -0.2) is 0 Å². The number of hydrogen-bond donors (Lipinski definition) is 2. The van der Waals surface area contributed by atoms with Crippen molar-refractivity contribution in [2.24, 2.45) is 0 Å². The first kappa shape index (κ1) is 17.3. The van der Waals surface area contributed by atoms with Crippen molar-refractivity contribution >= 4 is 16.6 Å². The summed E-state index contributed by atoms with van der Waals surface area (Å²) in [6.07, 6.45) is 1.95. The standard InChI is InChI=1S/C22H26N2O/c1-5-16-8-7-9-17(6-2)21(16)23-13-19-12-18-10-14(3)15(4)11-20(18)24-22(19)25/h7-12,23H,5-6,13H2,1-4H3,(H,24,25). The number of aromatic nitrogens is 1. The van der Waals surface area contributed by atoms with Gasteiger partial charge in [0.1, 0.15) is 0 Å². The lowest BCUT2D eigenvalue weighted by Crippen LogP contribution is -2.16. The van der Waals surface area contributed by atoms with E-state index in [9.17, 15) is 4.79 Å². The molecule has 130 valence electrons. The van der Waals surface area contributed by atoms with Gasteiger partial charge >= 0.3 is 0 Å². The number of anilines is 1. The molecule has 0 bridgehead atoms. The third-order valence-electron chi connectivity index (χ3n) is 4.99. The molecule has 25 heavy (non-hydrogen) atoms. The van der Waals surface area contributed by atoms with Gasteiger partial charge in [-0.2, -0.15) is 0 Å². The van der Waals surface area contributed by atoms with E-state index in [0.717, 1.165) is 29.3 Å². The van der Waals surface area contributed by atoms with Crippen LogP contribution < -0.4 is 10.9 Å². The molecule has 2 aromatic carbocycles. The van der Waals surface area contributed by atoms with Crippen LogP contribution in [0.4, 0.5) is 5.69 Å². The van der Waals surface area contributed by atoms with E-state index in [2.05, 4.69) is 62.3 Å². The summed E-state index contributed by atoms with van der Waals surface area (Å²) >= 11 is 0. The summed E-state index contributed by atoms with van der Waals surface area (Å²) in [5.74, 6) is 0. The van der Waals surface area contributed by atoms with Crippen molar-refractivity contribution in [3.63, 3.8) is 0 Å². The van der Waals surface area contributed by atoms with Gasteiger partial charge in [0.2, 0.25) is 0 Å². The van der Waals surface area contributed by atoms with E-state index in [-0.39, 0.29) is 5.56 Å². The summed E-state index contributed by atoms with van der Waals surface area (Å²) in [6, 6.07) is 12.6. The van der Waals surface area contributed by atoms with Crippen LogP contribution in [0, 0.1) is 13.8 Å². The van der Waals surface area contributed by atoms with Crippen LogP contribution in [0.1, 0.15) is 41.7 Å². The highest BCUT2D eigenvalue weighted by Crippen LogP contribution is 2.23. The summed E-state index contributed by atoms with van der Waals surface area (Å²) in [7, 11) is 0. The smallest absolute Gasteiger partial charge is 0.253 e. The highest BCUT2D eigenvalue weighted by atomic mass is 16.1. The predicted octanol–water partition coefficient (Wildman–Crippen LogP) is 4.88. The van der Waals surface area contributed by atoms with Crippen LogP contribution in [0.3, 0.4) is 0 Å². The fraction of sp³-hybridized carbons (Fsp3) is 0.318. The van der Waals surface area contributed by atoms with Crippen LogP contribution >= 0.6 is 0 Å². The molecule has 0 saturated heterocycles. The van der Waals surface area contributed by atoms with Gasteiger partial charge in [-0.05, 0) is 72.5 Å². The quantitative estimate of drug-likeness (QED) is 0.698. The highest BCUT2D eigenvalue weighted by Gasteiger charge is 2.09. The van der Waals surface area contributed by atoms with Gasteiger partial charge in [0.25, 0.3) is 5.56 Å². The molecule has 0 aliphatic heterocycles. The Morgan fingerprint density at radius 3 is 2.20 bits per heavy atom. The molecule has 0 spiro atoms. The first-order chi connectivity index (χ1) is 12.0. The van der Waals surface area contributed by atoms with Gasteiger partial charge in [0.15, 0.2) is 0 Å². The molecule has 0 saturated carbocycles. The number of rotatable bonds is 5. The van der Waals surface area contributed by atoms with Crippen molar-refractivity contribution in [2.75, 3.05) is 5.32 Å². The largest absolute Gasteiger partial charge is 0.380 e. The van der Waals surface area contributed by atoms with Gasteiger partial charge in [0, 0.05) is 23.3 Å². The Hall–Kier alpha value is -2.55. The number of pyridine rings is 1. The molecular formula is C22H26N2O. The second-order valence-electron chi connectivity index (χ2n) is 6.66. The lowest BCUT2D eigenvalue weighted by atomic mass is 10.0. The van der Waals surface area contributed by atoms with Crippen molar-refractivity contribution < 1.29 is 0 Å². The fourth-order valence-corrected chi connectivity index (χ4v) is 3.31. The number of nitrogens with one attached hydrogen (secondary N) is 2. The van der Waals surface area contributed by atoms with Crippen LogP contribution in [0.25, 0.3) is 10.9 Å². The summed E-state index contributed by atoms with van der Waals surface area (Å²) in [5.41, 5.74) is 7.85. The molecule has 0 aliphatic carbocycles. The maximum absolute atomic E-state index is 12.5. The molecule has 0 unspecified atom stereocenters. The van der Waals surface area contributed by atoms with E-state index in [4.69, 9.17) is 0 Å². The van der Waals surface area contributed by atoms with E-state index >= 15 is 0 Å². The van der Waals surface area contributed by atoms with Crippen molar-refractivity contribution in [1.82, 2.24) is 4.98 Å². The second kappa shape index (κ2) is 7.14. The van der Waals surface area contributed by atoms with Crippen molar-refractivity contribution in [3.05, 3.63) is 74.6 Å². The molecule has 3 heteroatoms. The van der Waals surface area contributed by atoms with Gasteiger partial charge in [0.05, 0.1) is 0 Å². The average Bonchev–Trinajstić information content (AvgIpc) is 2.61. The van der Waals surface area contributed by atoms with Gasteiger partial charge in [-0.1, -0.05) is 32.0 Å². The van der Waals surface area contributed by atoms with Crippen molar-refractivity contribution in [2.45, 2.75) is 47.1 Å². The number of fused-ring (bicyclic) bond motifs is 1. The zero-order valence-corrected chi connectivity index (χ0v) is 15.5. The zero-order valence-electron chi connectivity index (χ0n) is 15.5. The molecule has 3 nitrogen and oxygen atoms in total. The molecule has 0 atom stereocenters. The Bertz CT molecular complexity index is 947. The number of hydrogen-bond acceptors (Lipinski definition) is 2. The fourth-order valence-electron chi connectivity index (χ4n) is 3.31. The summed E-state index contributed by atoms with van der Waals surface area (Å²) in [4.78, 5) is 15.5. The Morgan fingerprint density at radius 2 is 1.56 bits per heavy atom. The molecule has 1 aromatic heterocycles. The number of aromatic amines is 1.